The molecule has 0 fully saturated rings. The number of aliphatic imine (C=N–C) groups is 1. The molecular weight excluding hydrogens is 270 g/mol. The zero-order valence-electron chi connectivity index (χ0n) is 10.6. The van der Waals surface area contributed by atoms with Gasteiger partial charge in [-0.25, -0.2) is 4.99 Å². The first kappa shape index (κ1) is 12.6. The maximum absolute atomic E-state index is 6.16. The average Bonchev–Trinajstić information content (AvgIpc) is 2.51. The zero-order valence-corrected chi connectivity index (χ0v) is 11.4. The van der Waals surface area contributed by atoms with Crippen molar-refractivity contribution in [2.45, 2.75) is 0 Å². The number of fused-ring (bicyclic) bond motifs is 1. The fourth-order valence-corrected chi connectivity index (χ4v) is 2.23. The summed E-state index contributed by atoms with van der Waals surface area (Å²) in [4.78, 5) is 8.81. The first-order valence-electron chi connectivity index (χ1n) is 6.18. The Morgan fingerprint density at radius 3 is 2.60 bits per heavy atom. The van der Waals surface area contributed by atoms with E-state index in [1.54, 1.807) is 6.20 Å². The highest BCUT2D eigenvalue weighted by Gasteiger charge is 2.06. The molecule has 4 heteroatoms. The Morgan fingerprint density at radius 2 is 1.80 bits per heavy atom. The van der Waals surface area contributed by atoms with Crippen molar-refractivity contribution in [1.82, 2.24) is 4.98 Å². The Labute approximate surface area is 121 Å². The smallest absolute Gasteiger partial charge is 0.131 e. The Bertz CT molecular complexity index is 782. The molecule has 0 aliphatic carbocycles. The number of rotatable bonds is 2. The van der Waals surface area contributed by atoms with E-state index in [0.717, 1.165) is 16.5 Å². The molecule has 0 unspecified atom stereocenters. The number of hydrogen-bond donors (Lipinski definition) is 1. The average molecular weight is 282 g/mol. The van der Waals surface area contributed by atoms with Gasteiger partial charge in [0.25, 0.3) is 0 Å². The molecule has 2 aromatic carbocycles. The van der Waals surface area contributed by atoms with Gasteiger partial charge in [0.05, 0.1) is 16.2 Å². The molecule has 0 aliphatic heterocycles. The third-order valence-electron chi connectivity index (χ3n) is 3.01. The number of nitrogens with zero attached hydrogens (tertiary/aromatic N) is 2. The lowest BCUT2D eigenvalue weighted by Gasteiger charge is -2.05. The van der Waals surface area contributed by atoms with E-state index in [1.165, 1.54) is 0 Å². The number of pyridine rings is 1. The molecule has 0 saturated heterocycles. The van der Waals surface area contributed by atoms with E-state index in [-0.39, 0.29) is 0 Å². The van der Waals surface area contributed by atoms with Gasteiger partial charge < -0.3 is 5.73 Å². The normalized spacial score (nSPS) is 11.8. The first-order chi connectivity index (χ1) is 9.75. The summed E-state index contributed by atoms with van der Waals surface area (Å²) in [7, 11) is 0. The van der Waals surface area contributed by atoms with Crippen molar-refractivity contribution in [3.8, 4) is 0 Å². The zero-order chi connectivity index (χ0) is 13.9. The molecule has 0 radical (unpaired) electrons. The Balaban J connectivity index is 2.14. The van der Waals surface area contributed by atoms with E-state index in [9.17, 15) is 0 Å². The van der Waals surface area contributed by atoms with Crippen LogP contribution in [0.15, 0.2) is 65.8 Å². The molecule has 3 rings (SSSR count). The monoisotopic (exact) mass is 281 g/mol. The second-order valence-electron chi connectivity index (χ2n) is 4.33. The fraction of sp³-hybridized carbons (Fsp3) is 0. The molecule has 0 atom stereocenters. The second kappa shape index (κ2) is 5.31. The van der Waals surface area contributed by atoms with E-state index in [2.05, 4.69) is 9.98 Å². The Hall–Kier alpha value is -2.39. The lowest BCUT2D eigenvalue weighted by atomic mass is 10.2. The molecular formula is C16H12ClN3. The number of benzene rings is 2. The SMILES string of the molecule is NC(=Nc1ccc(Cl)c2cccnc12)c1ccccc1. The van der Waals surface area contributed by atoms with Crippen LogP contribution in [-0.2, 0) is 0 Å². The third kappa shape index (κ3) is 2.36. The van der Waals surface area contributed by atoms with Crippen LogP contribution in [0.2, 0.25) is 5.02 Å². The maximum Gasteiger partial charge on any atom is 0.131 e. The van der Waals surface area contributed by atoms with Gasteiger partial charge in [-0.15, -0.1) is 0 Å². The minimum Gasteiger partial charge on any atom is -0.383 e. The van der Waals surface area contributed by atoms with E-state index >= 15 is 0 Å². The molecule has 98 valence electrons. The second-order valence-corrected chi connectivity index (χ2v) is 4.74. The Morgan fingerprint density at radius 1 is 1.00 bits per heavy atom. The van der Waals surface area contributed by atoms with Crippen molar-refractivity contribution < 1.29 is 0 Å². The van der Waals surface area contributed by atoms with Crippen molar-refractivity contribution in [2.75, 3.05) is 0 Å². The summed E-state index contributed by atoms with van der Waals surface area (Å²) >= 11 is 6.16. The molecule has 0 aliphatic rings. The fourth-order valence-electron chi connectivity index (χ4n) is 2.02. The first-order valence-corrected chi connectivity index (χ1v) is 6.56. The Kier molecular flexibility index (Phi) is 3.35. The number of halogens is 1. The summed E-state index contributed by atoms with van der Waals surface area (Å²) in [5, 5.41) is 1.53. The van der Waals surface area contributed by atoms with Crippen LogP contribution in [0.4, 0.5) is 5.69 Å². The summed E-state index contributed by atoms with van der Waals surface area (Å²) in [5.74, 6) is 0.458. The summed E-state index contributed by atoms with van der Waals surface area (Å²) < 4.78 is 0. The minimum absolute atomic E-state index is 0.458. The molecule has 0 spiro atoms. The largest absolute Gasteiger partial charge is 0.383 e. The van der Waals surface area contributed by atoms with Gasteiger partial charge in [-0.05, 0) is 24.3 Å². The van der Waals surface area contributed by atoms with Crippen LogP contribution in [0.3, 0.4) is 0 Å². The van der Waals surface area contributed by atoms with E-state index < -0.39 is 0 Å². The van der Waals surface area contributed by atoms with Gasteiger partial charge in [0.2, 0.25) is 0 Å². The molecule has 1 heterocycles. The van der Waals surface area contributed by atoms with Crippen molar-refractivity contribution in [3.05, 3.63) is 71.4 Å². The van der Waals surface area contributed by atoms with Gasteiger partial charge in [0, 0.05) is 17.1 Å². The number of hydrogen-bond acceptors (Lipinski definition) is 2. The van der Waals surface area contributed by atoms with Crippen LogP contribution in [0.5, 0.6) is 0 Å². The van der Waals surface area contributed by atoms with E-state index in [0.29, 0.717) is 16.5 Å². The summed E-state index contributed by atoms with van der Waals surface area (Å²) in [6, 6.07) is 17.0. The van der Waals surface area contributed by atoms with E-state index in [4.69, 9.17) is 17.3 Å². The predicted octanol–water partition coefficient (Wildman–Crippen LogP) is 3.93. The predicted molar refractivity (Wildman–Crippen MR) is 83.6 cm³/mol. The number of aromatic nitrogens is 1. The van der Waals surface area contributed by atoms with Crippen molar-refractivity contribution in [2.24, 2.45) is 10.7 Å². The van der Waals surface area contributed by atoms with Gasteiger partial charge in [-0.2, -0.15) is 0 Å². The standard InChI is InChI=1S/C16H12ClN3/c17-13-8-9-14(15-12(13)7-4-10-19-15)20-16(18)11-5-2-1-3-6-11/h1-10H,(H2,18,20). The minimum atomic E-state index is 0.458. The van der Waals surface area contributed by atoms with E-state index in [1.807, 2.05) is 54.6 Å². The van der Waals surface area contributed by atoms with Gasteiger partial charge in [0.15, 0.2) is 0 Å². The lowest BCUT2D eigenvalue weighted by Crippen LogP contribution is -2.12. The van der Waals surface area contributed by atoms with Crippen LogP contribution in [-0.4, -0.2) is 10.8 Å². The highest BCUT2D eigenvalue weighted by molar-refractivity contribution is 6.35. The molecule has 0 amide bonds. The summed E-state index contributed by atoms with van der Waals surface area (Å²) in [6.45, 7) is 0. The van der Waals surface area contributed by atoms with Crippen LogP contribution in [0.25, 0.3) is 10.9 Å². The van der Waals surface area contributed by atoms with Crippen LogP contribution in [0, 0.1) is 0 Å². The van der Waals surface area contributed by atoms with Crippen LogP contribution in [0.1, 0.15) is 5.56 Å². The maximum atomic E-state index is 6.16. The summed E-state index contributed by atoms with van der Waals surface area (Å²) in [6.07, 6.45) is 1.72. The highest BCUT2D eigenvalue weighted by atomic mass is 35.5. The van der Waals surface area contributed by atoms with Crippen molar-refractivity contribution >= 4 is 34.0 Å². The molecule has 3 nitrogen and oxygen atoms in total. The van der Waals surface area contributed by atoms with Gasteiger partial charge in [0.1, 0.15) is 5.84 Å². The molecule has 2 N–H and O–H groups in total. The molecule has 20 heavy (non-hydrogen) atoms. The molecule has 0 bridgehead atoms. The topological polar surface area (TPSA) is 51.3 Å². The molecule has 3 aromatic rings. The number of nitrogens with two attached hydrogens (primary N) is 1. The number of amidine groups is 1. The van der Waals surface area contributed by atoms with Crippen LogP contribution >= 0.6 is 11.6 Å². The molecule has 0 saturated carbocycles. The van der Waals surface area contributed by atoms with Crippen molar-refractivity contribution in [1.29, 1.82) is 0 Å². The van der Waals surface area contributed by atoms with Gasteiger partial charge in [-0.1, -0.05) is 41.9 Å². The third-order valence-corrected chi connectivity index (χ3v) is 3.34. The quantitative estimate of drug-likeness (QED) is 0.572. The molecule has 1 aromatic heterocycles. The lowest BCUT2D eigenvalue weighted by molar-refractivity contribution is 1.38. The highest BCUT2D eigenvalue weighted by Crippen LogP contribution is 2.29. The van der Waals surface area contributed by atoms with Crippen molar-refractivity contribution in [3.63, 3.8) is 0 Å². The summed E-state index contributed by atoms with van der Waals surface area (Å²) in [5.41, 5.74) is 8.39. The van der Waals surface area contributed by atoms with Gasteiger partial charge >= 0.3 is 0 Å². The van der Waals surface area contributed by atoms with Crippen LogP contribution < -0.4 is 5.73 Å². The van der Waals surface area contributed by atoms with Gasteiger partial charge in [-0.3, -0.25) is 4.98 Å².